The van der Waals surface area contributed by atoms with Crippen LogP contribution in [0.25, 0.3) is 0 Å². The first kappa shape index (κ1) is 20.5. The summed E-state index contributed by atoms with van der Waals surface area (Å²) in [5.41, 5.74) is -2.99. The van der Waals surface area contributed by atoms with Crippen molar-refractivity contribution in [2.75, 3.05) is 0 Å². The number of alkyl halides is 7. The fourth-order valence-electron chi connectivity index (χ4n) is 2.11. The van der Waals surface area contributed by atoms with E-state index in [-0.39, 0.29) is 11.3 Å². The molecule has 0 saturated heterocycles. The van der Waals surface area contributed by atoms with Gasteiger partial charge in [0, 0.05) is 5.56 Å². The molecule has 2 nitrogen and oxygen atoms in total. The van der Waals surface area contributed by atoms with Gasteiger partial charge in [0.25, 0.3) is 0 Å². The zero-order chi connectivity index (χ0) is 19.0. The third-order valence-electron chi connectivity index (χ3n) is 3.21. The van der Waals surface area contributed by atoms with E-state index in [4.69, 9.17) is 4.74 Å². The summed E-state index contributed by atoms with van der Waals surface area (Å²) in [5, 5.41) is 10.2. The smallest absolute Gasteiger partial charge is 0.459 e. The van der Waals surface area contributed by atoms with E-state index in [1.54, 1.807) is 13.8 Å². The van der Waals surface area contributed by atoms with Crippen LogP contribution in [0.3, 0.4) is 0 Å². The minimum Gasteiger partial charge on any atom is -0.491 e. The molecule has 0 aliphatic carbocycles. The van der Waals surface area contributed by atoms with Crippen LogP contribution in [0.1, 0.15) is 32.8 Å². The first-order valence-electron chi connectivity index (χ1n) is 6.93. The maximum Gasteiger partial charge on any atom is 0.459 e. The van der Waals surface area contributed by atoms with Crippen LogP contribution in [0.4, 0.5) is 30.7 Å². The van der Waals surface area contributed by atoms with Gasteiger partial charge >= 0.3 is 18.0 Å². The standard InChI is InChI=1S/C15H17F7O2/c1-9(2)24-11-7-5-4-6-10(11)12(3,23)8-13(16,17)14(18,19)15(20,21)22/h4-7,9,23H,8H2,1-3H3. The summed E-state index contributed by atoms with van der Waals surface area (Å²) in [6, 6.07) is 5.18. The van der Waals surface area contributed by atoms with E-state index < -0.39 is 36.1 Å². The van der Waals surface area contributed by atoms with Gasteiger partial charge in [-0.15, -0.1) is 0 Å². The largest absolute Gasteiger partial charge is 0.491 e. The molecule has 0 aromatic heterocycles. The van der Waals surface area contributed by atoms with Crippen LogP contribution in [-0.2, 0) is 5.60 Å². The van der Waals surface area contributed by atoms with Crippen molar-refractivity contribution >= 4 is 0 Å². The normalized spacial score (nSPS) is 16.2. The number of ether oxygens (including phenoxy) is 1. The molecule has 1 aromatic carbocycles. The molecule has 0 radical (unpaired) electrons. The van der Waals surface area contributed by atoms with Crippen LogP contribution in [0.15, 0.2) is 24.3 Å². The second kappa shape index (κ2) is 6.42. The Kier molecular flexibility index (Phi) is 5.49. The molecule has 1 aromatic rings. The molecule has 0 amide bonds. The summed E-state index contributed by atoms with van der Waals surface area (Å²) in [6.45, 7) is 3.92. The van der Waals surface area contributed by atoms with E-state index in [0.29, 0.717) is 0 Å². The predicted octanol–water partition coefficient (Wildman–Crippen LogP) is 4.90. The van der Waals surface area contributed by atoms with Gasteiger partial charge in [-0.3, -0.25) is 0 Å². The second-order valence-corrected chi connectivity index (χ2v) is 5.89. The number of benzene rings is 1. The molecule has 0 spiro atoms. The molecule has 24 heavy (non-hydrogen) atoms. The first-order chi connectivity index (χ1) is 10.6. The molecular weight excluding hydrogens is 345 g/mol. The van der Waals surface area contributed by atoms with E-state index in [9.17, 15) is 35.8 Å². The molecular formula is C15H17F7O2. The molecule has 0 aliphatic heterocycles. The molecule has 138 valence electrons. The van der Waals surface area contributed by atoms with Gasteiger partial charge in [0.15, 0.2) is 0 Å². The Morgan fingerprint density at radius 2 is 1.50 bits per heavy atom. The molecule has 0 aliphatic rings. The molecule has 0 saturated carbocycles. The molecule has 1 atom stereocenters. The highest BCUT2D eigenvalue weighted by Crippen LogP contribution is 2.51. The van der Waals surface area contributed by atoms with Crippen molar-refractivity contribution in [3.63, 3.8) is 0 Å². The van der Waals surface area contributed by atoms with Crippen molar-refractivity contribution in [1.29, 1.82) is 0 Å². The predicted molar refractivity (Wildman–Crippen MR) is 72.3 cm³/mol. The lowest BCUT2D eigenvalue weighted by atomic mass is 9.87. The summed E-state index contributed by atoms with van der Waals surface area (Å²) in [4.78, 5) is 0. The number of aliphatic hydroxyl groups is 1. The van der Waals surface area contributed by atoms with Gasteiger partial charge in [-0.25, -0.2) is 0 Å². The fraction of sp³-hybridized carbons (Fsp3) is 0.600. The lowest BCUT2D eigenvalue weighted by Gasteiger charge is -2.34. The number of hydrogen-bond donors (Lipinski definition) is 1. The first-order valence-corrected chi connectivity index (χ1v) is 6.93. The van der Waals surface area contributed by atoms with Crippen molar-refractivity contribution in [2.24, 2.45) is 0 Å². The van der Waals surface area contributed by atoms with Gasteiger partial charge in [0.2, 0.25) is 0 Å². The average Bonchev–Trinajstić information content (AvgIpc) is 2.35. The van der Waals surface area contributed by atoms with Crippen LogP contribution in [0.5, 0.6) is 5.75 Å². The third-order valence-corrected chi connectivity index (χ3v) is 3.21. The zero-order valence-electron chi connectivity index (χ0n) is 13.1. The molecule has 9 heteroatoms. The highest BCUT2D eigenvalue weighted by atomic mass is 19.4. The van der Waals surface area contributed by atoms with Gasteiger partial charge in [0.05, 0.1) is 18.1 Å². The van der Waals surface area contributed by atoms with Gasteiger partial charge < -0.3 is 9.84 Å². The fourth-order valence-corrected chi connectivity index (χ4v) is 2.11. The topological polar surface area (TPSA) is 29.5 Å². The minimum absolute atomic E-state index is 0.0800. The van der Waals surface area contributed by atoms with Crippen molar-refractivity contribution < 1.29 is 40.6 Å². The molecule has 1 rings (SSSR count). The van der Waals surface area contributed by atoms with Gasteiger partial charge in [0.1, 0.15) is 5.75 Å². The van der Waals surface area contributed by atoms with E-state index in [1.807, 2.05) is 0 Å². The molecule has 0 fully saturated rings. The van der Waals surface area contributed by atoms with Gasteiger partial charge in [-0.2, -0.15) is 30.7 Å². The summed E-state index contributed by atoms with van der Waals surface area (Å²) < 4.78 is 95.2. The van der Waals surface area contributed by atoms with E-state index in [1.165, 1.54) is 18.2 Å². The summed E-state index contributed by atoms with van der Waals surface area (Å²) in [5.74, 6) is -11.9. The Hall–Kier alpha value is -1.51. The van der Waals surface area contributed by atoms with E-state index in [2.05, 4.69) is 0 Å². The number of halogens is 7. The maximum absolute atomic E-state index is 13.6. The van der Waals surface area contributed by atoms with E-state index >= 15 is 0 Å². The Morgan fingerprint density at radius 3 is 1.96 bits per heavy atom. The van der Waals surface area contributed by atoms with Crippen LogP contribution >= 0.6 is 0 Å². The highest BCUT2D eigenvalue weighted by molar-refractivity contribution is 5.38. The van der Waals surface area contributed by atoms with Crippen molar-refractivity contribution in [3.05, 3.63) is 29.8 Å². The van der Waals surface area contributed by atoms with Crippen LogP contribution < -0.4 is 4.74 Å². The summed E-state index contributed by atoms with van der Waals surface area (Å²) >= 11 is 0. The van der Waals surface area contributed by atoms with Crippen LogP contribution in [-0.4, -0.2) is 29.2 Å². The van der Waals surface area contributed by atoms with Crippen LogP contribution in [0, 0.1) is 0 Å². The maximum atomic E-state index is 13.6. The zero-order valence-corrected chi connectivity index (χ0v) is 13.1. The Morgan fingerprint density at radius 1 is 1.00 bits per heavy atom. The van der Waals surface area contributed by atoms with E-state index in [0.717, 1.165) is 13.0 Å². The lowest BCUT2D eigenvalue weighted by Crippen LogP contribution is -2.54. The third kappa shape index (κ3) is 4.12. The monoisotopic (exact) mass is 362 g/mol. The molecule has 1 N–H and O–H groups in total. The van der Waals surface area contributed by atoms with Gasteiger partial charge in [-0.05, 0) is 26.8 Å². The quantitative estimate of drug-likeness (QED) is 0.729. The second-order valence-electron chi connectivity index (χ2n) is 5.89. The number of hydrogen-bond acceptors (Lipinski definition) is 2. The Balaban J connectivity index is 3.23. The number of rotatable bonds is 6. The van der Waals surface area contributed by atoms with Gasteiger partial charge in [-0.1, -0.05) is 18.2 Å². The molecule has 1 unspecified atom stereocenters. The average molecular weight is 362 g/mol. The summed E-state index contributed by atoms with van der Waals surface area (Å²) in [7, 11) is 0. The molecule has 0 bridgehead atoms. The number of para-hydroxylation sites is 1. The van der Waals surface area contributed by atoms with Crippen molar-refractivity contribution in [3.8, 4) is 5.75 Å². The molecule has 0 heterocycles. The van der Waals surface area contributed by atoms with Crippen molar-refractivity contribution in [2.45, 2.75) is 56.9 Å². The lowest BCUT2D eigenvalue weighted by molar-refractivity contribution is -0.361. The minimum atomic E-state index is -6.44. The Labute approximate surface area is 134 Å². The highest BCUT2D eigenvalue weighted by Gasteiger charge is 2.73. The van der Waals surface area contributed by atoms with Crippen molar-refractivity contribution in [1.82, 2.24) is 0 Å². The van der Waals surface area contributed by atoms with Crippen LogP contribution in [0.2, 0.25) is 0 Å². The Bertz CT molecular complexity index is 565. The SMILES string of the molecule is CC(C)Oc1ccccc1C(C)(O)CC(F)(F)C(F)(F)C(F)(F)F. The summed E-state index contributed by atoms with van der Waals surface area (Å²) in [6.07, 6.45) is -9.01.